The van der Waals surface area contributed by atoms with E-state index in [1.807, 2.05) is 12.1 Å². The van der Waals surface area contributed by atoms with E-state index in [2.05, 4.69) is 12.1 Å². The average molecular weight is 299 g/mol. The number of rotatable bonds is 5. The molecule has 5 nitrogen and oxygen atoms in total. The van der Waals surface area contributed by atoms with Crippen LogP contribution in [0.4, 0.5) is 0 Å². The van der Waals surface area contributed by atoms with Gasteiger partial charge in [0.25, 0.3) is 0 Å². The number of carbonyl (C=O) groups is 1. The highest BCUT2D eigenvalue weighted by atomic mass is 32.2. The predicted molar refractivity (Wildman–Crippen MR) is 78.8 cm³/mol. The van der Waals surface area contributed by atoms with Gasteiger partial charge in [-0.05, 0) is 19.1 Å². The molecule has 0 fully saturated rings. The van der Waals surface area contributed by atoms with Crippen LogP contribution in [0, 0.1) is 22.7 Å². The maximum atomic E-state index is 11.3. The molecule has 2 rings (SSSR count). The summed E-state index contributed by atoms with van der Waals surface area (Å²) >= 11 is 1.34. The van der Waals surface area contributed by atoms with Crippen LogP contribution in [0.5, 0.6) is 0 Å². The smallest absolute Gasteiger partial charge is 0.306 e. The Morgan fingerprint density at radius 1 is 1.38 bits per heavy atom. The summed E-state index contributed by atoms with van der Waals surface area (Å²) in [6, 6.07) is 9.71. The number of fused-ring (bicyclic) bond motifs is 1. The van der Waals surface area contributed by atoms with Crippen molar-refractivity contribution >= 4 is 23.2 Å². The molecule has 6 heteroatoms. The lowest BCUT2D eigenvalue weighted by molar-refractivity contribution is -0.142. The maximum absolute atomic E-state index is 11.3. The summed E-state index contributed by atoms with van der Waals surface area (Å²) in [6.45, 7) is 2.11. The topological polar surface area (TPSA) is 78.3 Å². The van der Waals surface area contributed by atoms with Gasteiger partial charge in [-0.25, -0.2) is 0 Å². The molecular weight excluding hydrogens is 286 g/mol. The minimum absolute atomic E-state index is 0.250. The van der Waals surface area contributed by atoms with Crippen LogP contribution in [-0.2, 0) is 9.53 Å². The molecular formula is C15H13N3O2S. The standard InChI is InChI=1S/C15H13N3O2S/c1-2-20-14(19)6-8-21-15-11(9-16)12-5-3-4-7-18(12)13(15)10-17/h3-5,7H,2,6,8H2,1H3. The van der Waals surface area contributed by atoms with Crippen molar-refractivity contribution in [2.75, 3.05) is 12.4 Å². The van der Waals surface area contributed by atoms with Gasteiger partial charge in [-0.3, -0.25) is 4.79 Å². The largest absolute Gasteiger partial charge is 0.466 e. The number of nitriles is 2. The Labute approximate surface area is 126 Å². The number of hydrogen-bond acceptors (Lipinski definition) is 5. The highest BCUT2D eigenvalue weighted by molar-refractivity contribution is 7.99. The maximum Gasteiger partial charge on any atom is 0.306 e. The molecule has 0 atom stereocenters. The molecule has 0 aromatic carbocycles. The highest BCUT2D eigenvalue weighted by Crippen LogP contribution is 2.32. The molecule has 2 aromatic rings. The number of pyridine rings is 1. The Bertz CT molecular complexity index is 702. The molecule has 2 aromatic heterocycles. The first-order chi connectivity index (χ1) is 10.2. The quantitative estimate of drug-likeness (QED) is 0.626. The van der Waals surface area contributed by atoms with E-state index in [0.29, 0.717) is 34.0 Å². The summed E-state index contributed by atoms with van der Waals surface area (Å²) in [5.74, 6) is 0.199. The number of carbonyl (C=O) groups excluding carboxylic acids is 1. The predicted octanol–water partition coefficient (Wildman–Crippen LogP) is 2.73. The first-order valence-electron chi connectivity index (χ1n) is 6.44. The first-order valence-corrected chi connectivity index (χ1v) is 7.43. The van der Waals surface area contributed by atoms with Gasteiger partial charge < -0.3 is 9.14 Å². The number of ether oxygens (including phenoxy) is 1. The Hall–Kier alpha value is -2.44. The summed E-state index contributed by atoms with van der Waals surface area (Å²) in [5.41, 5.74) is 1.60. The molecule has 0 amide bonds. The average Bonchev–Trinajstić information content (AvgIpc) is 2.80. The zero-order chi connectivity index (χ0) is 15.2. The molecule has 0 N–H and O–H groups in total. The fraction of sp³-hybridized carbons (Fsp3) is 0.267. The van der Waals surface area contributed by atoms with E-state index < -0.39 is 0 Å². The van der Waals surface area contributed by atoms with Crippen molar-refractivity contribution in [3.8, 4) is 12.1 Å². The zero-order valence-electron chi connectivity index (χ0n) is 11.5. The normalized spacial score (nSPS) is 10.0. The Morgan fingerprint density at radius 3 is 2.86 bits per heavy atom. The van der Waals surface area contributed by atoms with Gasteiger partial charge in [-0.2, -0.15) is 10.5 Å². The second kappa shape index (κ2) is 6.83. The van der Waals surface area contributed by atoms with Crippen molar-refractivity contribution in [3.63, 3.8) is 0 Å². The molecule has 0 radical (unpaired) electrons. The SMILES string of the molecule is CCOC(=O)CCSc1c(C#N)c2ccccn2c1C#N. The van der Waals surface area contributed by atoms with E-state index in [-0.39, 0.29) is 12.4 Å². The van der Waals surface area contributed by atoms with E-state index in [1.165, 1.54) is 11.8 Å². The Kier molecular flexibility index (Phi) is 4.86. The van der Waals surface area contributed by atoms with E-state index in [9.17, 15) is 15.3 Å². The van der Waals surface area contributed by atoms with Gasteiger partial charge >= 0.3 is 5.97 Å². The summed E-state index contributed by atoms with van der Waals surface area (Å²) < 4.78 is 6.56. The first kappa shape index (κ1) is 15.0. The molecule has 0 bridgehead atoms. The van der Waals surface area contributed by atoms with Crippen molar-refractivity contribution in [2.45, 2.75) is 18.2 Å². The monoisotopic (exact) mass is 299 g/mol. The fourth-order valence-electron chi connectivity index (χ4n) is 2.01. The van der Waals surface area contributed by atoms with E-state index in [0.717, 1.165) is 0 Å². The fourth-order valence-corrected chi connectivity index (χ4v) is 3.06. The number of hydrogen-bond donors (Lipinski definition) is 0. The van der Waals surface area contributed by atoms with E-state index in [4.69, 9.17) is 4.74 Å². The van der Waals surface area contributed by atoms with Gasteiger partial charge in [-0.1, -0.05) is 6.07 Å². The zero-order valence-corrected chi connectivity index (χ0v) is 12.3. The molecule has 0 unspecified atom stereocenters. The second-order valence-electron chi connectivity index (χ2n) is 4.14. The van der Waals surface area contributed by atoms with Crippen molar-refractivity contribution in [1.29, 1.82) is 10.5 Å². The second-order valence-corrected chi connectivity index (χ2v) is 5.24. The molecule has 0 aliphatic carbocycles. The van der Waals surface area contributed by atoms with Crippen LogP contribution < -0.4 is 0 Å². The Morgan fingerprint density at radius 2 is 2.19 bits per heavy atom. The molecule has 21 heavy (non-hydrogen) atoms. The van der Waals surface area contributed by atoms with Gasteiger partial charge in [0.2, 0.25) is 0 Å². The van der Waals surface area contributed by atoms with Crippen molar-refractivity contribution < 1.29 is 9.53 Å². The molecule has 106 valence electrons. The van der Waals surface area contributed by atoms with E-state index >= 15 is 0 Å². The summed E-state index contributed by atoms with van der Waals surface area (Å²) in [6.07, 6.45) is 2.00. The molecule has 0 aliphatic heterocycles. The van der Waals surface area contributed by atoms with Crippen molar-refractivity contribution in [1.82, 2.24) is 4.40 Å². The number of nitrogens with zero attached hydrogens (tertiary/aromatic N) is 3. The molecule has 0 saturated carbocycles. The highest BCUT2D eigenvalue weighted by Gasteiger charge is 2.18. The number of aromatic nitrogens is 1. The summed E-state index contributed by atoms with van der Waals surface area (Å²) in [5, 5.41) is 18.7. The molecule has 0 spiro atoms. The van der Waals surface area contributed by atoms with Gasteiger partial charge in [-0.15, -0.1) is 11.8 Å². The van der Waals surface area contributed by atoms with Crippen LogP contribution >= 0.6 is 11.8 Å². The van der Waals surface area contributed by atoms with Crippen LogP contribution in [0.15, 0.2) is 29.3 Å². The van der Waals surface area contributed by atoms with Crippen LogP contribution in [0.1, 0.15) is 24.6 Å². The van der Waals surface area contributed by atoms with Crippen molar-refractivity contribution in [3.05, 3.63) is 35.7 Å². The lowest BCUT2D eigenvalue weighted by atomic mass is 10.3. The van der Waals surface area contributed by atoms with Gasteiger partial charge in [0, 0.05) is 11.9 Å². The minimum atomic E-state index is -0.272. The Balaban J connectivity index is 2.29. The summed E-state index contributed by atoms with van der Waals surface area (Å²) in [4.78, 5) is 12.0. The van der Waals surface area contributed by atoms with Crippen LogP contribution in [0.2, 0.25) is 0 Å². The molecule has 0 aliphatic rings. The number of esters is 1. The third-order valence-electron chi connectivity index (χ3n) is 2.87. The number of thioether (sulfide) groups is 1. The van der Waals surface area contributed by atoms with Gasteiger partial charge in [0.05, 0.1) is 29.0 Å². The lowest BCUT2D eigenvalue weighted by Gasteiger charge is -2.01. The minimum Gasteiger partial charge on any atom is -0.466 e. The van der Waals surface area contributed by atoms with Crippen molar-refractivity contribution in [2.24, 2.45) is 0 Å². The third kappa shape index (κ3) is 3.01. The molecule has 2 heterocycles. The van der Waals surface area contributed by atoms with Crippen LogP contribution in [0.3, 0.4) is 0 Å². The summed E-state index contributed by atoms with van der Waals surface area (Å²) in [7, 11) is 0. The van der Waals surface area contributed by atoms with E-state index in [1.54, 1.807) is 23.6 Å². The van der Waals surface area contributed by atoms with Gasteiger partial charge in [0.1, 0.15) is 17.8 Å². The van der Waals surface area contributed by atoms with Crippen LogP contribution in [-0.4, -0.2) is 22.7 Å². The van der Waals surface area contributed by atoms with Gasteiger partial charge in [0.15, 0.2) is 0 Å². The third-order valence-corrected chi connectivity index (χ3v) is 3.97. The van der Waals surface area contributed by atoms with Crippen LogP contribution in [0.25, 0.3) is 5.52 Å². The molecule has 0 saturated heterocycles. The lowest BCUT2D eigenvalue weighted by Crippen LogP contribution is -2.04.